The topological polar surface area (TPSA) is 151 Å². The summed E-state index contributed by atoms with van der Waals surface area (Å²) < 4.78 is 11.9. The predicted octanol–water partition coefficient (Wildman–Crippen LogP) is 10.1. The van der Waals surface area contributed by atoms with Crippen LogP contribution in [0.4, 0.5) is 11.4 Å². The van der Waals surface area contributed by atoms with E-state index in [0.717, 1.165) is 11.1 Å². The molecule has 0 bridgehead atoms. The smallest absolute Gasteiger partial charge is 0.336 e. The van der Waals surface area contributed by atoms with Gasteiger partial charge in [0.1, 0.15) is 23.0 Å². The monoisotopic (exact) mass is 744 g/mol. The molecule has 278 valence electrons. The van der Waals surface area contributed by atoms with Gasteiger partial charge in [0.05, 0.1) is 22.3 Å². The van der Waals surface area contributed by atoms with Gasteiger partial charge in [0.2, 0.25) is 0 Å². The van der Waals surface area contributed by atoms with Crippen molar-refractivity contribution in [1.82, 2.24) is 0 Å². The second kappa shape index (κ2) is 20.2. The summed E-state index contributed by atoms with van der Waals surface area (Å²) in [5.41, 5.74) is 2.91. The lowest BCUT2D eigenvalue weighted by atomic mass is 10.1. The third-order valence-electron chi connectivity index (χ3n) is 7.54. The Labute approximate surface area is 324 Å². The second-order valence-electron chi connectivity index (χ2n) is 11.5. The molecular weight excluding hydrogens is 709 g/mol. The molecule has 6 rings (SSSR count). The van der Waals surface area contributed by atoms with E-state index in [2.05, 4.69) is 35.3 Å². The Hall–Kier alpha value is -8.08. The summed E-state index contributed by atoms with van der Waals surface area (Å²) in [6.45, 7) is 3.31. The van der Waals surface area contributed by atoms with E-state index in [-0.39, 0.29) is 22.3 Å². The molecular formula is C46H36N2O8. The summed E-state index contributed by atoms with van der Waals surface area (Å²) in [6, 6.07) is 40.6. The van der Waals surface area contributed by atoms with Crippen LogP contribution in [-0.2, 0) is 0 Å². The maximum absolute atomic E-state index is 12.6. The third kappa shape index (κ3) is 11.5. The summed E-state index contributed by atoms with van der Waals surface area (Å²) in [5.74, 6) is 3.46. The number of carboxylic acids is 2. The van der Waals surface area contributed by atoms with Crippen LogP contribution in [0.25, 0.3) is 11.1 Å². The zero-order chi connectivity index (χ0) is 40.5. The van der Waals surface area contributed by atoms with Crippen LogP contribution in [0.2, 0.25) is 0 Å². The lowest BCUT2D eigenvalue weighted by molar-refractivity contribution is 0.0683. The van der Waals surface area contributed by atoms with E-state index in [4.69, 9.17) is 9.47 Å². The minimum absolute atomic E-state index is 0.0706. The minimum Gasteiger partial charge on any atom is -0.478 e. The summed E-state index contributed by atoms with van der Waals surface area (Å²) in [7, 11) is 0. The van der Waals surface area contributed by atoms with E-state index in [0.29, 0.717) is 34.4 Å². The van der Waals surface area contributed by atoms with Gasteiger partial charge in [0.25, 0.3) is 11.8 Å². The van der Waals surface area contributed by atoms with Crippen LogP contribution in [0.15, 0.2) is 146 Å². The molecule has 6 aromatic carbocycles. The zero-order valence-electron chi connectivity index (χ0n) is 30.4. The number of carbonyl (C=O) groups excluding carboxylic acids is 2. The Morgan fingerprint density at radius 2 is 0.696 bits per heavy atom. The number of anilines is 2. The molecule has 4 N–H and O–H groups in total. The fraction of sp³-hybridized carbons (Fsp3) is 0.0435. The SMILES string of the molecule is C#CC.C#CC.O=C(O)c1ccccc1C(=O)Nc1ccc(Oc2ccc(-c3ccc(Oc4ccc(NC(=O)c5ccccc5C(=O)O)cc4)cc3)cc2)cc1. The van der Waals surface area contributed by atoms with Gasteiger partial charge in [-0.05, 0) is 122 Å². The molecule has 0 heterocycles. The number of nitrogens with one attached hydrogen (secondary N) is 2. The molecule has 0 aliphatic carbocycles. The Kier molecular flexibility index (Phi) is 14.7. The number of hydrogen-bond acceptors (Lipinski definition) is 6. The van der Waals surface area contributed by atoms with Crippen molar-refractivity contribution in [1.29, 1.82) is 0 Å². The fourth-order valence-corrected chi connectivity index (χ4v) is 5.05. The quantitative estimate of drug-likeness (QED) is 0.0957. The van der Waals surface area contributed by atoms with Gasteiger partial charge in [0.15, 0.2) is 0 Å². The maximum atomic E-state index is 12.6. The Morgan fingerprint density at radius 1 is 0.446 bits per heavy atom. The Balaban J connectivity index is 0.00000109. The summed E-state index contributed by atoms with van der Waals surface area (Å²) in [5, 5.41) is 24.1. The van der Waals surface area contributed by atoms with Crippen LogP contribution in [0, 0.1) is 24.7 Å². The lowest BCUT2D eigenvalue weighted by Gasteiger charge is -2.11. The highest BCUT2D eigenvalue weighted by Crippen LogP contribution is 2.30. The number of benzene rings is 6. The van der Waals surface area contributed by atoms with Gasteiger partial charge in [0, 0.05) is 11.4 Å². The number of amides is 2. The molecule has 10 nitrogen and oxygen atoms in total. The molecule has 0 aliphatic heterocycles. The first-order chi connectivity index (χ1) is 27.1. The van der Waals surface area contributed by atoms with Crippen LogP contribution in [0.3, 0.4) is 0 Å². The Morgan fingerprint density at radius 3 is 0.964 bits per heavy atom. The first-order valence-corrected chi connectivity index (χ1v) is 16.8. The normalized spacial score (nSPS) is 9.64. The number of carbonyl (C=O) groups is 4. The van der Waals surface area contributed by atoms with Gasteiger partial charge >= 0.3 is 11.9 Å². The first kappa shape index (κ1) is 40.7. The number of aromatic carboxylic acids is 2. The largest absolute Gasteiger partial charge is 0.478 e. The van der Waals surface area contributed by atoms with Crippen molar-refractivity contribution in [3.8, 4) is 58.8 Å². The summed E-state index contributed by atoms with van der Waals surface area (Å²) in [4.78, 5) is 48.1. The number of ether oxygens (including phenoxy) is 2. The van der Waals surface area contributed by atoms with Crippen molar-refractivity contribution in [2.24, 2.45) is 0 Å². The molecule has 0 saturated carbocycles. The highest BCUT2D eigenvalue weighted by Gasteiger charge is 2.17. The van der Waals surface area contributed by atoms with Crippen LogP contribution in [0.5, 0.6) is 23.0 Å². The molecule has 0 aromatic heterocycles. The average Bonchev–Trinajstić information content (AvgIpc) is 3.20. The number of rotatable bonds is 11. The van der Waals surface area contributed by atoms with Crippen molar-refractivity contribution in [3.05, 3.63) is 168 Å². The van der Waals surface area contributed by atoms with Crippen molar-refractivity contribution >= 4 is 35.1 Å². The molecule has 0 radical (unpaired) electrons. The van der Waals surface area contributed by atoms with E-state index in [1.807, 2.05) is 48.5 Å². The highest BCUT2D eigenvalue weighted by molar-refractivity contribution is 6.11. The molecule has 0 saturated heterocycles. The maximum Gasteiger partial charge on any atom is 0.336 e. The van der Waals surface area contributed by atoms with Crippen LogP contribution in [-0.4, -0.2) is 34.0 Å². The van der Waals surface area contributed by atoms with Gasteiger partial charge < -0.3 is 30.3 Å². The van der Waals surface area contributed by atoms with E-state index in [9.17, 15) is 29.4 Å². The van der Waals surface area contributed by atoms with Gasteiger partial charge in [-0.15, -0.1) is 24.7 Å². The predicted molar refractivity (Wildman–Crippen MR) is 217 cm³/mol. The van der Waals surface area contributed by atoms with E-state index >= 15 is 0 Å². The fourth-order valence-electron chi connectivity index (χ4n) is 5.05. The second-order valence-corrected chi connectivity index (χ2v) is 11.5. The molecule has 2 amide bonds. The molecule has 6 aromatic rings. The van der Waals surface area contributed by atoms with E-state index in [1.165, 1.54) is 24.3 Å². The molecule has 0 atom stereocenters. The number of hydrogen-bond donors (Lipinski definition) is 4. The lowest BCUT2D eigenvalue weighted by Crippen LogP contribution is -2.16. The third-order valence-corrected chi connectivity index (χ3v) is 7.54. The van der Waals surface area contributed by atoms with Crippen LogP contribution in [0.1, 0.15) is 55.3 Å². The van der Waals surface area contributed by atoms with Crippen molar-refractivity contribution in [3.63, 3.8) is 0 Å². The number of terminal acetylenes is 2. The van der Waals surface area contributed by atoms with E-state index < -0.39 is 23.8 Å². The Bertz CT molecular complexity index is 2200. The summed E-state index contributed by atoms with van der Waals surface area (Å²) in [6.07, 6.45) is 9.19. The molecule has 10 heteroatoms. The highest BCUT2D eigenvalue weighted by atomic mass is 16.5. The first-order valence-electron chi connectivity index (χ1n) is 16.8. The van der Waals surface area contributed by atoms with Crippen molar-refractivity contribution in [2.75, 3.05) is 10.6 Å². The molecule has 56 heavy (non-hydrogen) atoms. The molecule has 0 fully saturated rings. The summed E-state index contributed by atoms with van der Waals surface area (Å²) >= 11 is 0. The van der Waals surface area contributed by atoms with E-state index in [1.54, 1.807) is 86.6 Å². The standard InChI is InChI=1S/C40H28N2O8.2C3H4/c43-37(33-5-1-3-7-35(33)39(45)46)41-27-13-21-31(22-14-27)49-29-17-9-25(10-18-29)26-11-19-30(20-12-26)50-32-23-15-28(16-24-32)42-38(44)34-6-2-4-8-36(34)40(47)48;2*1-3-2/h1-24H,(H,41,43)(H,42,44)(H,45,46)(H,47,48);2*1H,2H3. The van der Waals surface area contributed by atoms with Crippen LogP contribution >= 0.6 is 0 Å². The van der Waals surface area contributed by atoms with Gasteiger partial charge in [-0.2, -0.15) is 0 Å². The molecule has 0 unspecified atom stereocenters. The molecule has 0 spiro atoms. The van der Waals surface area contributed by atoms with Gasteiger partial charge in [-0.1, -0.05) is 48.5 Å². The molecule has 0 aliphatic rings. The zero-order valence-corrected chi connectivity index (χ0v) is 30.4. The van der Waals surface area contributed by atoms with Gasteiger partial charge in [-0.25, -0.2) is 9.59 Å². The van der Waals surface area contributed by atoms with Crippen molar-refractivity contribution < 1.29 is 38.9 Å². The van der Waals surface area contributed by atoms with Crippen LogP contribution < -0.4 is 20.1 Å². The average molecular weight is 745 g/mol. The minimum atomic E-state index is -1.18. The van der Waals surface area contributed by atoms with Crippen molar-refractivity contribution in [2.45, 2.75) is 13.8 Å². The van der Waals surface area contributed by atoms with Gasteiger partial charge in [-0.3, -0.25) is 9.59 Å². The number of carboxylic acid groups (broad SMARTS) is 2.